The molecule has 3 rings (SSSR count). The zero-order valence-electron chi connectivity index (χ0n) is 12.4. The van der Waals surface area contributed by atoms with E-state index in [1.165, 1.54) is 0 Å². The van der Waals surface area contributed by atoms with Gasteiger partial charge in [-0.15, -0.1) is 0 Å². The lowest BCUT2D eigenvalue weighted by atomic mass is 9.93. The summed E-state index contributed by atoms with van der Waals surface area (Å²) in [6.45, 7) is 6.11. The van der Waals surface area contributed by atoms with Gasteiger partial charge in [-0.25, -0.2) is 0 Å². The van der Waals surface area contributed by atoms with Crippen molar-refractivity contribution in [1.82, 2.24) is 9.80 Å². The molecule has 0 aromatic heterocycles. The largest absolute Gasteiger partial charge is 0.378 e. The maximum Gasteiger partial charge on any atom is 0.246 e. The van der Waals surface area contributed by atoms with E-state index in [1.54, 1.807) is 0 Å². The van der Waals surface area contributed by atoms with Crippen molar-refractivity contribution in [3.05, 3.63) is 0 Å². The molecule has 4 unspecified atom stereocenters. The van der Waals surface area contributed by atoms with E-state index in [-0.39, 0.29) is 30.0 Å². The fourth-order valence-corrected chi connectivity index (χ4v) is 3.72. The van der Waals surface area contributed by atoms with E-state index < -0.39 is 0 Å². The second-order valence-electron chi connectivity index (χ2n) is 6.33. The number of hydrogen-bond donors (Lipinski definition) is 0. The van der Waals surface area contributed by atoms with Gasteiger partial charge in [-0.05, 0) is 39.5 Å². The molecule has 5 heteroatoms. The van der Waals surface area contributed by atoms with Crippen LogP contribution in [0, 0.1) is 5.92 Å². The Morgan fingerprint density at radius 1 is 1.15 bits per heavy atom. The van der Waals surface area contributed by atoms with Crippen LogP contribution in [0.4, 0.5) is 0 Å². The summed E-state index contributed by atoms with van der Waals surface area (Å²) in [5, 5.41) is 0. The molecule has 0 aromatic rings. The molecule has 3 heterocycles. The molecule has 3 aliphatic heterocycles. The minimum atomic E-state index is -0.315. The first kappa shape index (κ1) is 13.9. The van der Waals surface area contributed by atoms with Crippen LogP contribution in [0.5, 0.6) is 0 Å². The van der Waals surface area contributed by atoms with Crippen molar-refractivity contribution in [3.63, 3.8) is 0 Å². The van der Waals surface area contributed by atoms with Crippen LogP contribution in [0.25, 0.3) is 0 Å². The second-order valence-corrected chi connectivity index (χ2v) is 6.33. The van der Waals surface area contributed by atoms with Gasteiger partial charge in [0.05, 0.1) is 6.10 Å². The Bertz CT molecular complexity index is 412. The van der Waals surface area contributed by atoms with Crippen LogP contribution < -0.4 is 0 Å². The Kier molecular flexibility index (Phi) is 3.71. The summed E-state index contributed by atoms with van der Waals surface area (Å²) < 4.78 is 5.58. The van der Waals surface area contributed by atoms with Gasteiger partial charge in [-0.1, -0.05) is 0 Å². The van der Waals surface area contributed by atoms with Gasteiger partial charge in [0.2, 0.25) is 11.8 Å². The van der Waals surface area contributed by atoms with Crippen LogP contribution in [0.3, 0.4) is 0 Å². The Labute approximate surface area is 120 Å². The smallest absolute Gasteiger partial charge is 0.246 e. The van der Waals surface area contributed by atoms with Gasteiger partial charge in [0, 0.05) is 25.6 Å². The van der Waals surface area contributed by atoms with Crippen molar-refractivity contribution in [2.75, 3.05) is 19.7 Å². The van der Waals surface area contributed by atoms with Crippen molar-refractivity contribution >= 4 is 11.8 Å². The van der Waals surface area contributed by atoms with E-state index in [0.29, 0.717) is 12.5 Å². The van der Waals surface area contributed by atoms with Crippen LogP contribution >= 0.6 is 0 Å². The monoisotopic (exact) mass is 280 g/mol. The summed E-state index contributed by atoms with van der Waals surface area (Å²) in [5.41, 5.74) is 0. The molecule has 3 fully saturated rings. The standard InChI is InChI=1S/C15H24N2O3/c1-10-14(18)16-7-4-3-5-13(16)15(19)17(10)9-12-6-8-20-11(12)2/h10-13H,3-9H2,1-2H3. The highest BCUT2D eigenvalue weighted by atomic mass is 16.5. The number of piperazine rings is 1. The molecule has 3 saturated heterocycles. The molecular weight excluding hydrogens is 256 g/mol. The van der Waals surface area contributed by atoms with Gasteiger partial charge in [0.1, 0.15) is 12.1 Å². The topological polar surface area (TPSA) is 49.9 Å². The van der Waals surface area contributed by atoms with Gasteiger partial charge < -0.3 is 14.5 Å². The lowest BCUT2D eigenvalue weighted by Crippen LogP contribution is -2.65. The normalized spacial score (nSPS) is 38.3. The summed E-state index contributed by atoms with van der Waals surface area (Å²) in [7, 11) is 0. The lowest BCUT2D eigenvalue weighted by Gasteiger charge is -2.46. The molecule has 0 spiro atoms. The second kappa shape index (κ2) is 5.35. The molecule has 0 radical (unpaired) electrons. The van der Waals surface area contributed by atoms with Crippen LogP contribution in [0.15, 0.2) is 0 Å². The quantitative estimate of drug-likeness (QED) is 0.759. The Hall–Kier alpha value is -1.10. The highest BCUT2D eigenvalue weighted by Crippen LogP contribution is 2.29. The number of amides is 2. The number of fused-ring (bicyclic) bond motifs is 1. The van der Waals surface area contributed by atoms with Crippen molar-refractivity contribution < 1.29 is 14.3 Å². The van der Waals surface area contributed by atoms with Crippen LogP contribution in [0.2, 0.25) is 0 Å². The Balaban J connectivity index is 1.76. The fraction of sp³-hybridized carbons (Fsp3) is 0.867. The molecule has 0 aliphatic carbocycles. The van der Waals surface area contributed by atoms with E-state index in [4.69, 9.17) is 4.74 Å². The third-order valence-corrected chi connectivity index (χ3v) is 5.14. The first-order valence-electron chi connectivity index (χ1n) is 7.82. The molecule has 0 bridgehead atoms. The maximum absolute atomic E-state index is 12.7. The molecule has 112 valence electrons. The van der Waals surface area contributed by atoms with Crippen LogP contribution in [-0.2, 0) is 14.3 Å². The van der Waals surface area contributed by atoms with Crippen LogP contribution in [-0.4, -0.2) is 59.5 Å². The first-order valence-corrected chi connectivity index (χ1v) is 7.82. The minimum Gasteiger partial charge on any atom is -0.378 e. The third kappa shape index (κ3) is 2.22. The predicted molar refractivity (Wildman–Crippen MR) is 74.0 cm³/mol. The summed E-state index contributed by atoms with van der Waals surface area (Å²) in [6.07, 6.45) is 4.07. The van der Waals surface area contributed by atoms with Gasteiger partial charge in [0.25, 0.3) is 0 Å². The van der Waals surface area contributed by atoms with Gasteiger partial charge >= 0.3 is 0 Å². The Morgan fingerprint density at radius 2 is 1.95 bits per heavy atom. The van der Waals surface area contributed by atoms with Crippen molar-refractivity contribution in [3.8, 4) is 0 Å². The number of ether oxygens (including phenoxy) is 1. The molecular formula is C15H24N2O3. The number of carbonyl (C=O) groups excluding carboxylic acids is 2. The lowest BCUT2D eigenvalue weighted by molar-refractivity contribution is -0.163. The van der Waals surface area contributed by atoms with E-state index in [0.717, 1.165) is 38.8 Å². The van der Waals surface area contributed by atoms with Gasteiger partial charge in [-0.2, -0.15) is 0 Å². The first-order chi connectivity index (χ1) is 9.59. The average molecular weight is 280 g/mol. The zero-order chi connectivity index (χ0) is 14.3. The number of carbonyl (C=O) groups is 2. The molecule has 0 saturated carbocycles. The zero-order valence-corrected chi connectivity index (χ0v) is 12.4. The summed E-state index contributed by atoms with van der Waals surface area (Å²) in [6, 6.07) is -0.519. The third-order valence-electron chi connectivity index (χ3n) is 5.14. The average Bonchev–Trinajstić information content (AvgIpc) is 2.86. The van der Waals surface area contributed by atoms with E-state index in [2.05, 4.69) is 6.92 Å². The predicted octanol–water partition coefficient (Wildman–Crippen LogP) is 1.02. The minimum absolute atomic E-state index is 0.126. The SMILES string of the molecule is CC1OCCC1CN1C(=O)C2CCCCN2C(=O)C1C. The highest BCUT2D eigenvalue weighted by Gasteiger charge is 2.45. The number of rotatable bonds is 2. The van der Waals surface area contributed by atoms with Crippen molar-refractivity contribution in [1.29, 1.82) is 0 Å². The number of hydrogen-bond acceptors (Lipinski definition) is 3. The molecule has 2 amide bonds. The number of nitrogens with zero attached hydrogens (tertiary/aromatic N) is 2. The molecule has 5 nitrogen and oxygen atoms in total. The summed E-state index contributed by atoms with van der Waals surface area (Å²) >= 11 is 0. The molecule has 0 aromatic carbocycles. The highest BCUT2D eigenvalue weighted by molar-refractivity contribution is 5.96. The molecule has 0 N–H and O–H groups in total. The number of piperidine rings is 1. The maximum atomic E-state index is 12.7. The Morgan fingerprint density at radius 3 is 2.65 bits per heavy atom. The van der Waals surface area contributed by atoms with E-state index >= 15 is 0 Å². The molecule has 20 heavy (non-hydrogen) atoms. The summed E-state index contributed by atoms with van der Waals surface area (Å²) in [5.74, 6) is 0.640. The van der Waals surface area contributed by atoms with Crippen molar-refractivity contribution in [2.24, 2.45) is 5.92 Å². The van der Waals surface area contributed by atoms with Gasteiger partial charge in [-0.3, -0.25) is 9.59 Å². The fourth-order valence-electron chi connectivity index (χ4n) is 3.72. The van der Waals surface area contributed by atoms with E-state index in [9.17, 15) is 9.59 Å². The molecule has 4 atom stereocenters. The summed E-state index contributed by atoms with van der Waals surface area (Å²) in [4.78, 5) is 28.8. The van der Waals surface area contributed by atoms with Gasteiger partial charge in [0.15, 0.2) is 0 Å². The van der Waals surface area contributed by atoms with Crippen LogP contribution in [0.1, 0.15) is 39.5 Å². The molecule has 3 aliphatic rings. The van der Waals surface area contributed by atoms with Crippen molar-refractivity contribution in [2.45, 2.75) is 57.7 Å². The van der Waals surface area contributed by atoms with E-state index in [1.807, 2.05) is 16.7 Å².